The summed E-state index contributed by atoms with van der Waals surface area (Å²) in [5.74, 6) is -0.169. The van der Waals surface area contributed by atoms with Gasteiger partial charge in [0.05, 0.1) is 6.10 Å². The van der Waals surface area contributed by atoms with Gasteiger partial charge in [-0.3, -0.25) is 4.79 Å². The molecule has 0 aliphatic rings. The molecule has 0 bridgehead atoms. The molecule has 0 aromatic heterocycles. The molecule has 1 aromatic carbocycles. The number of nitrogens with one attached hydrogen (secondary N) is 1. The lowest BCUT2D eigenvalue weighted by molar-refractivity contribution is -0.119. The van der Waals surface area contributed by atoms with Crippen LogP contribution in [0.15, 0.2) is 22.7 Å². The van der Waals surface area contributed by atoms with Crippen molar-refractivity contribution < 1.29 is 15.0 Å². The number of amides is 1. The molecule has 4 nitrogen and oxygen atoms in total. The van der Waals surface area contributed by atoms with Gasteiger partial charge in [-0.05, 0) is 24.6 Å². The lowest BCUT2D eigenvalue weighted by Gasteiger charge is -2.19. The first-order valence-electron chi connectivity index (χ1n) is 5.47. The molecule has 1 aromatic rings. The van der Waals surface area contributed by atoms with Crippen LogP contribution in [-0.2, 0) is 4.79 Å². The molecule has 2 atom stereocenters. The van der Waals surface area contributed by atoms with Crippen LogP contribution in [0.4, 0.5) is 0 Å². The quantitative estimate of drug-likeness (QED) is 0.770. The van der Waals surface area contributed by atoms with Crippen LogP contribution in [0.25, 0.3) is 0 Å². The zero-order valence-electron chi connectivity index (χ0n) is 9.86. The molecule has 0 radical (unpaired) electrons. The van der Waals surface area contributed by atoms with Gasteiger partial charge in [0.1, 0.15) is 6.10 Å². The molecule has 18 heavy (non-hydrogen) atoms. The van der Waals surface area contributed by atoms with Gasteiger partial charge < -0.3 is 15.5 Å². The molecule has 3 N–H and O–H groups in total. The molecule has 0 aliphatic heterocycles. The molecule has 0 spiro atoms. The van der Waals surface area contributed by atoms with Crippen molar-refractivity contribution in [2.24, 2.45) is 0 Å². The summed E-state index contributed by atoms with van der Waals surface area (Å²) in [6.45, 7) is 1.70. The fraction of sp³-hybridized carbons (Fsp3) is 0.417. The minimum absolute atomic E-state index is 0.169. The van der Waals surface area contributed by atoms with E-state index in [2.05, 4.69) is 21.2 Å². The minimum Gasteiger partial charge on any atom is -0.390 e. The summed E-state index contributed by atoms with van der Waals surface area (Å²) >= 11 is 9.24. The largest absolute Gasteiger partial charge is 0.390 e. The number of rotatable bonds is 5. The lowest BCUT2D eigenvalue weighted by Crippen LogP contribution is -2.27. The highest BCUT2D eigenvalue weighted by Gasteiger charge is 2.20. The van der Waals surface area contributed by atoms with Gasteiger partial charge in [0, 0.05) is 28.5 Å². The molecule has 2 unspecified atom stereocenters. The fourth-order valence-corrected chi connectivity index (χ4v) is 2.11. The van der Waals surface area contributed by atoms with Crippen molar-refractivity contribution in [2.45, 2.75) is 25.6 Å². The number of carbonyl (C=O) groups excluding carboxylic acids is 1. The third-order valence-corrected chi connectivity index (χ3v) is 3.29. The third-order valence-electron chi connectivity index (χ3n) is 2.46. The smallest absolute Gasteiger partial charge is 0.216 e. The summed E-state index contributed by atoms with van der Waals surface area (Å²) in [7, 11) is 0. The Morgan fingerprint density at radius 2 is 2.17 bits per heavy atom. The van der Waals surface area contributed by atoms with E-state index in [1.54, 1.807) is 18.2 Å². The van der Waals surface area contributed by atoms with Crippen molar-refractivity contribution in [3.8, 4) is 0 Å². The van der Waals surface area contributed by atoms with Crippen molar-refractivity contribution in [3.63, 3.8) is 0 Å². The van der Waals surface area contributed by atoms with Crippen molar-refractivity contribution in [3.05, 3.63) is 33.3 Å². The van der Waals surface area contributed by atoms with E-state index in [-0.39, 0.29) is 12.3 Å². The highest BCUT2D eigenvalue weighted by molar-refractivity contribution is 9.10. The van der Waals surface area contributed by atoms with Crippen LogP contribution >= 0.6 is 27.5 Å². The fourth-order valence-electron chi connectivity index (χ4n) is 1.50. The summed E-state index contributed by atoms with van der Waals surface area (Å²) in [5, 5.41) is 22.8. The van der Waals surface area contributed by atoms with E-state index in [0.717, 1.165) is 4.47 Å². The standard InChI is InChI=1S/C12H15BrClNO3/c1-7(16)15-5-4-11(17)12(18)9-6-8(13)2-3-10(9)14/h2-3,6,11-12,17-18H,4-5H2,1H3,(H,15,16). The second kappa shape index (κ2) is 7.09. The van der Waals surface area contributed by atoms with E-state index in [4.69, 9.17) is 11.6 Å². The predicted octanol–water partition coefficient (Wildman–Crippen LogP) is 2.02. The summed E-state index contributed by atoms with van der Waals surface area (Å²) < 4.78 is 0.773. The zero-order valence-corrected chi connectivity index (χ0v) is 12.2. The molecule has 0 heterocycles. The van der Waals surface area contributed by atoms with E-state index in [1.165, 1.54) is 6.92 Å². The van der Waals surface area contributed by atoms with Crippen LogP contribution in [0.3, 0.4) is 0 Å². The van der Waals surface area contributed by atoms with Crippen LogP contribution in [0.2, 0.25) is 5.02 Å². The summed E-state index contributed by atoms with van der Waals surface area (Å²) in [6.07, 6.45) is -1.81. The summed E-state index contributed by atoms with van der Waals surface area (Å²) in [5.41, 5.74) is 0.460. The second-order valence-corrected chi connectivity index (χ2v) is 5.27. The molecular formula is C12H15BrClNO3. The predicted molar refractivity (Wildman–Crippen MR) is 73.4 cm³/mol. The summed E-state index contributed by atoms with van der Waals surface area (Å²) in [6, 6.07) is 5.06. The first-order chi connectivity index (χ1) is 8.41. The molecule has 0 fully saturated rings. The molecule has 0 saturated heterocycles. The SMILES string of the molecule is CC(=O)NCCC(O)C(O)c1cc(Br)ccc1Cl. The number of hydrogen-bond acceptors (Lipinski definition) is 3. The number of aliphatic hydroxyl groups excluding tert-OH is 2. The number of carbonyl (C=O) groups is 1. The molecule has 100 valence electrons. The van der Waals surface area contributed by atoms with Crippen molar-refractivity contribution in [1.82, 2.24) is 5.32 Å². The van der Waals surface area contributed by atoms with Gasteiger partial charge in [-0.25, -0.2) is 0 Å². The Kier molecular flexibility index (Phi) is 6.08. The molecule has 1 amide bonds. The van der Waals surface area contributed by atoms with Gasteiger partial charge in [0.25, 0.3) is 0 Å². The second-order valence-electron chi connectivity index (χ2n) is 3.95. The van der Waals surface area contributed by atoms with Crippen LogP contribution in [-0.4, -0.2) is 28.8 Å². The lowest BCUT2D eigenvalue weighted by atomic mass is 10.0. The first-order valence-corrected chi connectivity index (χ1v) is 6.64. The molecule has 0 aliphatic carbocycles. The third kappa shape index (κ3) is 4.57. The maximum absolute atomic E-state index is 10.7. The van der Waals surface area contributed by atoms with E-state index < -0.39 is 12.2 Å². The normalized spacial score (nSPS) is 14.1. The Hall–Kier alpha value is -0.620. The Labute approximate surface area is 119 Å². The molecule has 6 heteroatoms. The number of hydrogen-bond donors (Lipinski definition) is 3. The van der Waals surface area contributed by atoms with Crippen LogP contribution in [0.5, 0.6) is 0 Å². The highest BCUT2D eigenvalue weighted by Crippen LogP contribution is 2.29. The van der Waals surface area contributed by atoms with Gasteiger partial charge in [-0.15, -0.1) is 0 Å². The zero-order chi connectivity index (χ0) is 13.7. The van der Waals surface area contributed by atoms with E-state index in [0.29, 0.717) is 17.1 Å². The number of aliphatic hydroxyl groups is 2. The topological polar surface area (TPSA) is 69.6 Å². The average molecular weight is 337 g/mol. The van der Waals surface area contributed by atoms with Crippen LogP contribution in [0, 0.1) is 0 Å². The number of halogens is 2. The summed E-state index contributed by atoms with van der Waals surface area (Å²) in [4.78, 5) is 10.7. The van der Waals surface area contributed by atoms with Gasteiger partial charge >= 0.3 is 0 Å². The highest BCUT2D eigenvalue weighted by atomic mass is 79.9. The van der Waals surface area contributed by atoms with Gasteiger partial charge in [-0.1, -0.05) is 27.5 Å². The number of benzene rings is 1. The Morgan fingerprint density at radius 3 is 2.78 bits per heavy atom. The van der Waals surface area contributed by atoms with Gasteiger partial charge in [0.2, 0.25) is 5.91 Å². The van der Waals surface area contributed by atoms with E-state index in [9.17, 15) is 15.0 Å². The van der Waals surface area contributed by atoms with E-state index >= 15 is 0 Å². The Balaban J connectivity index is 2.64. The maximum Gasteiger partial charge on any atom is 0.216 e. The van der Waals surface area contributed by atoms with Crippen LogP contribution < -0.4 is 5.32 Å². The monoisotopic (exact) mass is 335 g/mol. The van der Waals surface area contributed by atoms with Crippen molar-refractivity contribution >= 4 is 33.4 Å². The first kappa shape index (κ1) is 15.4. The Morgan fingerprint density at radius 1 is 1.50 bits per heavy atom. The molecule has 1 rings (SSSR count). The Bertz CT molecular complexity index is 428. The van der Waals surface area contributed by atoms with E-state index in [1.807, 2.05) is 0 Å². The van der Waals surface area contributed by atoms with Crippen molar-refractivity contribution in [2.75, 3.05) is 6.54 Å². The van der Waals surface area contributed by atoms with Gasteiger partial charge in [-0.2, -0.15) is 0 Å². The van der Waals surface area contributed by atoms with Crippen LogP contribution in [0.1, 0.15) is 25.0 Å². The average Bonchev–Trinajstić information content (AvgIpc) is 2.30. The maximum atomic E-state index is 10.7. The van der Waals surface area contributed by atoms with Gasteiger partial charge in [0.15, 0.2) is 0 Å². The molecular weight excluding hydrogens is 321 g/mol. The van der Waals surface area contributed by atoms with Crippen molar-refractivity contribution in [1.29, 1.82) is 0 Å². The minimum atomic E-state index is -1.08. The molecule has 0 saturated carbocycles.